The lowest BCUT2D eigenvalue weighted by Gasteiger charge is -2.44. The van der Waals surface area contributed by atoms with Crippen molar-refractivity contribution in [3.63, 3.8) is 0 Å². The summed E-state index contributed by atoms with van der Waals surface area (Å²) in [5.74, 6) is -0.913. The van der Waals surface area contributed by atoms with Crippen molar-refractivity contribution in [1.29, 1.82) is 0 Å². The molecule has 3 amide bonds. The summed E-state index contributed by atoms with van der Waals surface area (Å²) in [6.07, 6.45) is 6.91. The van der Waals surface area contributed by atoms with Gasteiger partial charge in [0.05, 0.1) is 45.6 Å². The molecule has 3 fully saturated rings. The maximum absolute atomic E-state index is 14.2. The number of benzene rings is 2. The van der Waals surface area contributed by atoms with Crippen LogP contribution in [0.4, 0.5) is 4.79 Å². The van der Waals surface area contributed by atoms with E-state index in [0.717, 1.165) is 43.7 Å². The highest BCUT2D eigenvalue weighted by Gasteiger charge is 2.44. The van der Waals surface area contributed by atoms with Crippen molar-refractivity contribution < 1.29 is 24.2 Å². The molecular formula is C38H43Cl2N9O5. The van der Waals surface area contributed by atoms with Gasteiger partial charge in [-0.25, -0.2) is 9.48 Å². The molecule has 3 aliphatic heterocycles. The second-order valence-corrected chi connectivity index (χ2v) is 15.3. The maximum atomic E-state index is 14.2. The zero-order valence-corrected chi connectivity index (χ0v) is 31.5. The Hall–Kier alpha value is -4.79. The smallest absolute Gasteiger partial charge is 0.318 e. The van der Waals surface area contributed by atoms with Crippen LogP contribution in [0.2, 0.25) is 10.0 Å². The van der Waals surface area contributed by atoms with Crippen LogP contribution in [0.3, 0.4) is 0 Å². The van der Waals surface area contributed by atoms with Crippen LogP contribution in [0.5, 0.6) is 5.75 Å². The largest absolute Gasteiger partial charge is 0.496 e. The molecule has 5 heterocycles. The van der Waals surface area contributed by atoms with Crippen molar-refractivity contribution in [3.05, 3.63) is 94.0 Å². The summed E-state index contributed by atoms with van der Waals surface area (Å²) in [6.45, 7) is 4.02. The molecule has 16 heteroatoms. The molecule has 3 aliphatic rings. The average Bonchev–Trinajstić information content (AvgIpc) is 3.91. The van der Waals surface area contributed by atoms with Gasteiger partial charge >= 0.3 is 12.0 Å². The SMILES string of the molecule is COc1ccc(-n2cnnn2)cc1C(=O)N1CCC(CCN2CCC(NC(=O)N3CCC(C(=O)O)CC3)(c3ccccn3)CC2)(c2ccc(Cl)c(Cl)c2)C1. The van der Waals surface area contributed by atoms with E-state index in [2.05, 4.69) is 30.7 Å². The van der Waals surface area contributed by atoms with Gasteiger partial charge in [-0.1, -0.05) is 35.3 Å². The summed E-state index contributed by atoms with van der Waals surface area (Å²) in [5, 5.41) is 25.1. The molecule has 2 aromatic carbocycles. The number of nitrogens with one attached hydrogen (secondary N) is 1. The average molecular weight is 777 g/mol. The minimum Gasteiger partial charge on any atom is -0.496 e. The van der Waals surface area contributed by atoms with E-state index in [-0.39, 0.29) is 11.9 Å². The predicted octanol–water partition coefficient (Wildman–Crippen LogP) is 5.04. The van der Waals surface area contributed by atoms with Gasteiger partial charge in [-0.05, 0) is 104 Å². The first kappa shape index (κ1) is 37.5. The van der Waals surface area contributed by atoms with Gasteiger partial charge in [0.15, 0.2) is 0 Å². The fourth-order valence-electron chi connectivity index (χ4n) is 8.15. The predicted molar refractivity (Wildman–Crippen MR) is 201 cm³/mol. The molecule has 4 aromatic rings. The van der Waals surface area contributed by atoms with Crippen molar-refractivity contribution in [2.75, 3.05) is 52.9 Å². The fraction of sp³-hybridized carbons (Fsp3) is 0.447. The normalized spacial score (nSPS) is 20.5. The fourth-order valence-corrected chi connectivity index (χ4v) is 8.44. The van der Waals surface area contributed by atoms with Crippen molar-refractivity contribution in [1.82, 2.24) is 45.2 Å². The molecule has 54 heavy (non-hydrogen) atoms. The summed E-state index contributed by atoms with van der Waals surface area (Å²) >= 11 is 13.0. The molecule has 1 unspecified atom stereocenters. The number of methoxy groups -OCH3 is 1. The molecule has 2 N–H and O–H groups in total. The molecule has 3 saturated heterocycles. The highest BCUT2D eigenvalue weighted by Crippen LogP contribution is 2.42. The van der Waals surface area contributed by atoms with E-state index < -0.39 is 22.8 Å². The number of halogens is 2. The number of tetrazole rings is 1. The molecule has 2 aromatic heterocycles. The molecule has 0 saturated carbocycles. The van der Waals surface area contributed by atoms with E-state index >= 15 is 0 Å². The van der Waals surface area contributed by atoms with Gasteiger partial charge in [-0.15, -0.1) is 5.10 Å². The van der Waals surface area contributed by atoms with Gasteiger partial charge in [0.1, 0.15) is 12.1 Å². The number of likely N-dealkylation sites (tertiary alicyclic amines) is 3. The van der Waals surface area contributed by atoms with Crippen LogP contribution in [-0.2, 0) is 15.7 Å². The number of carbonyl (C=O) groups is 3. The van der Waals surface area contributed by atoms with Gasteiger partial charge in [0.2, 0.25) is 0 Å². The van der Waals surface area contributed by atoms with Gasteiger partial charge in [0.25, 0.3) is 5.91 Å². The molecule has 7 rings (SSSR count). The molecule has 0 bridgehead atoms. The van der Waals surface area contributed by atoms with E-state index in [4.69, 9.17) is 27.9 Å². The second kappa shape index (κ2) is 15.9. The molecule has 0 radical (unpaired) electrons. The Morgan fingerprint density at radius 1 is 0.944 bits per heavy atom. The third kappa shape index (κ3) is 7.73. The molecule has 0 aliphatic carbocycles. The number of hydrogen-bond acceptors (Lipinski definition) is 9. The molecular weight excluding hydrogens is 733 g/mol. The van der Waals surface area contributed by atoms with Crippen molar-refractivity contribution in [2.45, 2.75) is 49.5 Å². The summed E-state index contributed by atoms with van der Waals surface area (Å²) in [4.78, 5) is 50.0. The highest BCUT2D eigenvalue weighted by atomic mass is 35.5. The lowest BCUT2D eigenvalue weighted by atomic mass is 9.76. The maximum Gasteiger partial charge on any atom is 0.318 e. The number of carbonyl (C=O) groups excluding carboxylic acids is 2. The zero-order chi connectivity index (χ0) is 37.9. The lowest BCUT2D eigenvalue weighted by Crippen LogP contribution is -2.57. The van der Waals surface area contributed by atoms with Crippen LogP contribution in [0.25, 0.3) is 5.69 Å². The van der Waals surface area contributed by atoms with E-state index in [0.29, 0.717) is 78.9 Å². The van der Waals surface area contributed by atoms with Crippen LogP contribution >= 0.6 is 23.2 Å². The van der Waals surface area contributed by atoms with Crippen LogP contribution in [0.1, 0.15) is 60.1 Å². The summed E-state index contributed by atoms with van der Waals surface area (Å²) in [7, 11) is 1.55. The number of carboxylic acid groups (broad SMARTS) is 1. The minimum absolute atomic E-state index is 0.148. The third-order valence-electron chi connectivity index (χ3n) is 11.4. The Balaban J connectivity index is 1.07. The summed E-state index contributed by atoms with van der Waals surface area (Å²) < 4.78 is 7.11. The van der Waals surface area contributed by atoms with Gasteiger partial charge in [-0.3, -0.25) is 14.6 Å². The Morgan fingerprint density at radius 2 is 1.74 bits per heavy atom. The quantitative estimate of drug-likeness (QED) is 0.224. The summed E-state index contributed by atoms with van der Waals surface area (Å²) in [5.41, 5.74) is 1.86. The standard InChI is InChI=1S/C38H43Cl2N9O5/c1-54-32-8-6-28(49-25-42-44-45-49)23-29(32)34(50)48-21-12-37(24-48,27-5-7-30(39)31(40)22-27)11-18-46-19-13-38(14-20-46,33-4-2-3-15-41-33)43-36(53)47-16-9-26(10-17-47)35(51)52/h2-8,15,22-23,25-26H,9-14,16-21,24H2,1H3,(H,43,53)(H,51,52). The first-order chi connectivity index (χ1) is 26.1. The number of nitrogens with zero attached hydrogens (tertiary/aromatic N) is 8. The van der Waals surface area contributed by atoms with Crippen molar-refractivity contribution >= 4 is 41.1 Å². The molecule has 14 nitrogen and oxygen atoms in total. The van der Waals surface area contributed by atoms with Gasteiger partial charge < -0.3 is 29.9 Å². The van der Waals surface area contributed by atoms with Gasteiger partial charge in [0, 0.05) is 50.9 Å². The van der Waals surface area contributed by atoms with E-state index in [9.17, 15) is 19.5 Å². The second-order valence-electron chi connectivity index (χ2n) is 14.4. The van der Waals surface area contributed by atoms with E-state index in [1.807, 2.05) is 41.3 Å². The monoisotopic (exact) mass is 775 g/mol. The Morgan fingerprint density at radius 3 is 2.41 bits per heavy atom. The van der Waals surface area contributed by atoms with Crippen molar-refractivity contribution in [2.24, 2.45) is 5.92 Å². The zero-order valence-electron chi connectivity index (χ0n) is 30.0. The van der Waals surface area contributed by atoms with Crippen molar-refractivity contribution in [3.8, 4) is 11.4 Å². The first-order valence-electron chi connectivity index (χ1n) is 18.2. The number of carboxylic acids is 1. The van der Waals surface area contributed by atoms with E-state index in [1.54, 1.807) is 36.4 Å². The number of amides is 3. The molecule has 0 spiro atoms. The number of ether oxygens (including phenoxy) is 1. The number of urea groups is 1. The van der Waals surface area contributed by atoms with Gasteiger partial charge in [-0.2, -0.15) is 0 Å². The van der Waals surface area contributed by atoms with Crippen LogP contribution in [0.15, 0.2) is 67.1 Å². The lowest BCUT2D eigenvalue weighted by molar-refractivity contribution is -0.143. The third-order valence-corrected chi connectivity index (χ3v) is 12.2. The Bertz CT molecular complexity index is 1970. The molecule has 284 valence electrons. The van der Waals surface area contributed by atoms with Crippen LogP contribution in [0, 0.1) is 5.92 Å². The highest BCUT2D eigenvalue weighted by molar-refractivity contribution is 6.42. The Labute approximate surface area is 323 Å². The Kier molecular flexibility index (Phi) is 11.0. The van der Waals surface area contributed by atoms with E-state index in [1.165, 1.54) is 11.0 Å². The topological polar surface area (TPSA) is 159 Å². The number of pyridine rings is 1. The number of rotatable bonds is 10. The summed E-state index contributed by atoms with van der Waals surface area (Å²) in [6, 6.07) is 16.6. The van der Waals surface area contributed by atoms with Crippen LogP contribution in [-0.4, -0.2) is 116 Å². The number of aliphatic carboxylic acids is 1. The molecule has 1 atom stereocenters. The minimum atomic E-state index is -0.808. The number of aromatic nitrogens is 5. The number of piperidine rings is 2. The number of hydrogen-bond donors (Lipinski definition) is 2. The first-order valence-corrected chi connectivity index (χ1v) is 19.0. The van der Waals surface area contributed by atoms with Crippen LogP contribution < -0.4 is 10.1 Å².